The van der Waals surface area contributed by atoms with Crippen LogP contribution in [0.5, 0.6) is 5.75 Å². The maximum Gasteiger partial charge on any atom is 0.325 e. The molecule has 1 aromatic rings. The summed E-state index contributed by atoms with van der Waals surface area (Å²) in [5.41, 5.74) is -0.102. The largest absolute Gasteiger partial charge is 0.505 e. The predicted molar refractivity (Wildman–Crippen MR) is 101 cm³/mol. The summed E-state index contributed by atoms with van der Waals surface area (Å²) in [6.45, 7) is 2.37. The van der Waals surface area contributed by atoms with Crippen LogP contribution in [0.3, 0.4) is 0 Å². The number of esters is 1. The normalized spacial score (nSPS) is 10.5. The highest BCUT2D eigenvalue weighted by Gasteiger charge is 2.13. The van der Waals surface area contributed by atoms with Crippen LogP contribution in [0.4, 0.5) is 0 Å². The molecular weight excluding hydrogens is 332 g/mol. The number of carbonyl (C=O) groups excluding carboxylic acids is 2. The van der Waals surface area contributed by atoms with Gasteiger partial charge in [-0.1, -0.05) is 64.7 Å². The second kappa shape index (κ2) is 14.1. The van der Waals surface area contributed by atoms with Gasteiger partial charge in [-0.2, -0.15) is 0 Å². The molecule has 6 heteroatoms. The number of rotatable bonds is 14. The number of hydrogen-bond donors (Lipinski definition) is 2. The highest BCUT2D eigenvalue weighted by molar-refractivity contribution is 5.96. The van der Waals surface area contributed by atoms with E-state index in [4.69, 9.17) is 4.74 Å². The Morgan fingerprint density at radius 2 is 1.65 bits per heavy atom. The van der Waals surface area contributed by atoms with Gasteiger partial charge in [0.15, 0.2) is 5.69 Å². The topological polar surface area (TPSA) is 88.5 Å². The first-order valence-electron chi connectivity index (χ1n) is 9.73. The van der Waals surface area contributed by atoms with Crippen molar-refractivity contribution < 1.29 is 19.4 Å². The fourth-order valence-electron chi connectivity index (χ4n) is 2.63. The van der Waals surface area contributed by atoms with Gasteiger partial charge >= 0.3 is 5.97 Å². The van der Waals surface area contributed by atoms with Gasteiger partial charge in [0, 0.05) is 6.20 Å². The number of carbonyl (C=O) groups is 2. The van der Waals surface area contributed by atoms with E-state index in [1.165, 1.54) is 69.7 Å². The molecule has 0 aliphatic carbocycles. The van der Waals surface area contributed by atoms with Crippen LogP contribution in [0.1, 0.15) is 81.6 Å². The minimum atomic E-state index is -0.598. The molecule has 0 atom stereocenters. The summed E-state index contributed by atoms with van der Waals surface area (Å²) in [7, 11) is 0. The van der Waals surface area contributed by atoms with Crippen LogP contribution < -0.4 is 5.32 Å². The van der Waals surface area contributed by atoms with E-state index in [0.717, 1.165) is 12.8 Å². The van der Waals surface area contributed by atoms with Gasteiger partial charge < -0.3 is 15.2 Å². The number of nitrogens with one attached hydrogen (secondary N) is 1. The lowest BCUT2D eigenvalue weighted by Gasteiger charge is -2.07. The first-order valence-corrected chi connectivity index (χ1v) is 9.73. The first-order chi connectivity index (χ1) is 12.6. The second-order valence-electron chi connectivity index (χ2n) is 6.46. The van der Waals surface area contributed by atoms with Gasteiger partial charge in [-0.25, -0.2) is 4.98 Å². The number of unbranched alkanes of at least 4 members (excludes halogenated alkanes) is 9. The second-order valence-corrected chi connectivity index (χ2v) is 6.46. The van der Waals surface area contributed by atoms with Crippen molar-refractivity contribution in [2.24, 2.45) is 0 Å². The Labute approximate surface area is 156 Å². The zero-order valence-electron chi connectivity index (χ0n) is 15.8. The smallest absolute Gasteiger partial charge is 0.325 e. The van der Waals surface area contributed by atoms with E-state index in [-0.39, 0.29) is 18.0 Å². The number of pyridine rings is 1. The van der Waals surface area contributed by atoms with E-state index < -0.39 is 11.9 Å². The van der Waals surface area contributed by atoms with Crippen LogP contribution in [0.2, 0.25) is 0 Å². The zero-order chi connectivity index (χ0) is 19.0. The summed E-state index contributed by atoms with van der Waals surface area (Å²) >= 11 is 0. The molecular formula is C20H32N2O4. The highest BCUT2D eigenvalue weighted by atomic mass is 16.5. The quantitative estimate of drug-likeness (QED) is 0.385. The molecule has 1 amide bonds. The Balaban J connectivity index is 1.97. The molecule has 0 unspecified atom stereocenters. The molecule has 1 rings (SSSR count). The number of aromatic hydroxyl groups is 1. The monoisotopic (exact) mass is 364 g/mol. The van der Waals surface area contributed by atoms with E-state index in [1.807, 2.05) is 0 Å². The molecule has 0 bridgehead atoms. The van der Waals surface area contributed by atoms with E-state index in [1.54, 1.807) is 0 Å². The van der Waals surface area contributed by atoms with Crippen molar-refractivity contribution in [1.29, 1.82) is 0 Å². The summed E-state index contributed by atoms with van der Waals surface area (Å²) in [6, 6.07) is 2.89. The van der Waals surface area contributed by atoms with E-state index >= 15 is 0 Å². The fraction of sp³-hybridized carbons (Fsp3) is 0.650. The van der Waals surface area contributed by atoms with Gasteiger partial charge in [0.25, 0.3) is 5.91 Å². The lowest BCUT2D eigenvalue weighted by atomic mass is 10.1. The van der Waals surface area contributed by atoms with Gasteiger partial charge in [-0.3, -0.25) is 9.59 Å². The third-order valence-electron chi connectivity index (χ3n) is 4.16. The standard InChI is InChI=1S/C20H32N2O4/c1-2-3-4-5-6-7-8-9-10-11-15-26-18(24)16-22-20(25)19-17(23)13-12-14-21-19/h12-14,23H,2-11,15-16H2,1H3,(H,22,25). The molecule has 0 aromatic carbocycles. The molecule has 2 N–H and O–H groups in total. The summed E-state index contributed by atoms with van der Waals surface area (Å²) in [4.78, 5) is 27.2. The third kappa shape index (κ3) is 10.0. The molecule has 1 aromatic heterocycles. The maximum absolute atomic E-state index is 11.8. The average Bonchev–Trinajstić information content (AvgIpc) is 2.64. The van der Waals surface area contributed by atoms with E-state index in [0.29, 0.717) is 6.61 Å². The Kier molecular flexibility index (Phi) is 11.9. The van der Waals surface area contributed by atoms with Crippen LogP contribution in [0.15, 0.2) is 18.3 Å². The van der Waals surface area contributed by atoms with Crippen LogP contribution in [0.25, 0.3) is 0 Å². The van der Waals surface area contributed by atoms with Crippen molar-refractivity contribution in [3.8, 4) is 5.75 Å². The van der Waals surface area contributed by atoms with Crippen LogP contribution >= 0.6 is 0 Å². The van der Waals surface area contributed by atoms with Crippen molar-refractivity contribution in [3.63, 3.8) is 0 Å². The fourth-order valence-corrected chi connectivity index (χ4v) is 2.63. The summed E-state index contributed by atoms with van der Waals surface area (Å²) < 4.78 is 5.09. The first kappa shape index (κ1) is 21.9. The lowest BCUT2D eigenvalue weighted by Crippen LogP contribution is -2.31. The molecule has 0 aliphatic rings. The van der Waals surface area contributed by atoms with Crippen molar-refractivity contribution in [2.75, 3.05) is 13.2 Å². The number of ether oxygens (including phenoxy) is 1. The number of aromatic nitrogens is 1. The summed E-state index contributed by atoms with van der Waals surface area (Å²) in [5, 5.41) is 11.9. The van der Waals surface area contributed by atoms with E-state index in [9.17, 15) is 14.7 Å². The van der Waals surface area contributed by atoms with Gasteiger partial charge in [0.05, 0.1) is 6.61 Å². The SMILES string of the molecule is CCCCCCCCCCCCOC(=O)CNC(=O)c1ncccc1O. The Bertz CT molecular complexity index is 534. The molecule has 0 aliphatic heterocycles. The molecule has 146 valence electrons. The molecule has 6 nitrogen and oxygen atoms in total. The van der Waals surface area contributed by atoms with Crippen LogP contribution in [-0.2, 0) is 9.53 Å². The van der Waals surface area contributed by atoms with Crippen molar-refractivity contribution in [3.05, 3.63) is 24.0 Å². The predicted octanol–water partition coefficient (Wildman–Crippen LogP) is 3.98. The number of nitrogens with zero attached hydrogens (tertiary/aromatic N) is 1. The Morgan fingerprint density at radius 3 is 2.27 bits per heavy atom. The van der Waals surface area contributed by atoms with Crippen LogP contribution in [-0.4, -0.2) is 35.1 Å². The lowest BCUT2D eigenvalue weighted by molar-refractivity contribution is -0.142. The third-order valence-corrected chi connectivity index (χ3v) is 4.16. The zero-order valence-corrected chi connectivity index (χ0v) is 15.8. The molecule has 0 radical (unpaired) electrons. The molecule has 0 spiro atoms. The Morgan fingerprint density at radius 1 is 1.04 bits per heavy atom. The van der Waals surface area contributed by atoms with Crippen LogP contribution in [0, 0.1) is 0 Å². The Hall–Kier alpha value is -2.11. The molecule has 0 fully saturated rings. The molecule has 0 saturated heterocycles. The number of amides is 1. The van der Waals surface area contributed by atoms with Gasteiger partial charge in [0.2, 0.25) is 0 Å². The average molecular weight is 364 g/mol. The summed E-state index contributed by atoms with van der Waals surface area (Å²) in [6.07, 6.45) is 13.6. The molecule has 0 saturated carbocycles. The molecule has 1 heterocycles. The number of hydrogen-bond acceptors (Lipinski definition) is 5. The minimum Gasteiger partial charge on any atom is -0.505 e. The van der Waals surface area contributed by atoms with Gasteiger partial charge in [-0.05, 0) is 18.6 Å². The minimum absolute atomic E-state index is 0.102. The van der Waals surface area contributed by atoms with Crippen molar-refractivity contribution >= 4 is 11.9 Å². The maximum atomic E-state index is 11.8. The highest BCUT2D eigenvalue weighted by Crippen LogP contribution is 2.12. The summed E-state index contributed by atoms with van der Waals surface area (Å²) in [5.74, 6) is -1.30. The van der Waals surface area contributed by atoms with E-state index in [2.05, 4.69) is 17.2 Å². The molecule has 26 heavy (non-hydrogen) atoms. The van der Waals surface area contributed by atoms with Crippen molar-refractivity contribution in [2.45, 2.75) is 71.1 Å². The van der Waals surface area contributed by atoms with Gasteiger partial charge in [-0.15, -0.1) is 0 Å². The van der Waals surface area contributed by atoms with Gasteiger partial charge in [0.1, 0.15) is 12.3 Å². The van der Waals surface area contributed by atoms with Crippen molar-refractivity contribution in [1.82, 2.24) is 10.3 Å².